The molecular formula is C7H4BrF3O. The third-order valence-electron chi connectivity index (χ3n) is 1.37. The molecule has 1 aromatic rings. The van der Waals surface area contributed by atoms with Crippen LogP contribution in [0.1, 0.15) is 5.56 Å². The van der Waals surface area contributed by atoms with Gasteiger partial charge in [0.2, 0.25) is 0 Å². The molecule has 0 atom stereocenters. The van der Waals surface area contributed by atoms with E-state index in [4.69, 9.17) is 5.11 Å². The lowest BCUT2D eigenvalue weighted by Gasteiger charge is -2.03. The van der Waals surface area contributed by atoms with Crippen molar-refractivity contribution >= 4 is 15.9 Å². The summed E-state index contributed by atoms with van der Waals surface area (Å²) in [7, 11) is 0. The fraction of sp³-hybridized carbons (Fsp3) is 0.143. The van der Waals surface area contributed by atoms with Gasteiger partial charge in [-0.15, -0.1) is 0 Å². The number of aliphatic hydroxyl groups is 1. The lowest BCUT2D eigenvalue weighted by atomic mass is 10.2. The van der Waals surface area contributed by atoms with Crippen molar-refractivity contribution in [1.82, 2.24) is 0 Å². The van der Waals surface area contributed by atoms with Gasteiger partial charge in [0.1, 0.15) is 0 Å². The van der Waals surface area contributed by atoms with Crippen molar-refractivity contribution in [2.75, 3.05) is 0 Å². The maximum atomic E-state index is 12.7. The summed E-state index contributed by atoms with van der Waals surface area (Å²) in [6.07, 6.45) is 0. The highest BCUT2D eigenvalue weighted by molar-refractivity contribution is 9.10. The second-order valence-electron chi connectivity index (χ2n) is 2.10. The number of halogens is 4. The highest BCUT2D eigenvalue weighted by atomic mass is 79.9. The van der Waals surface area contributed by atoms with E-state index in [2.05, 4.69) is 15.9 Å². The summed E-state index contributed by atoms with van der Waals surface area (Å²) in [5, 5.41) is 8.56. The number of rotatable bonds is 1. The van der Waals surface area contributed by atoms with E-state index >= 15 is 0 Å². The summed E-state index contributed by atoms with van der Waals surface area (Å²) in [5.74, 6) is -4.21. The molecule has 0 amide bonds. The molecule has 0 fully saturated rings. The Hall–Kier alpha value is -0.550. The fourth-order valence-electron chi connectivity index (χ4n) is 0.749. The summed E-state index contributed by atoms with van der Waals surface area (Å²) in [6.45, 7) is -0.677. The molecule has 0 saturated heterocycles. The average molecular weight is 241 g/mol. The van der Waals surface area contributed by atoms with Crippen LogP contribution in [0.4, 0.5) is 13.2 Å². The van der Waals surface area contributed by atoms with Crippen molar-refractivity contribution in [2.24, 2.45) is 0 Å². The Balaban J connectivity index is 3.40. The predicted octanol–water partition coefficient (Wildman–Crippen LogP) is 2.36. The van der Waals surface area contributed by atoms with Gasteiger partial charge in [0, 0.05) is 10.0 Å². The first-order valence-corrected chi connectivity index (χ1v) is 3.80. The van der Waals surface area contributed by atoms with Crippen molar-refractivity contribution in [2.45, 2.75) is 6.61 Å². The van der Waals surface area contributed by atoms with Gasteiger partial charge in [0.15, 0.2) is 17.5 Å². The standard InChI is InChI=1S/C7H4BrF3O/c8-4-1-5(9)7(11)6(10)3(4)2-12/h1,12H,2H2. The van der Waals surface area contributed by atoms with E-state index in [0.29, 0.717) is 0 Å². The van der Waals surface area contributed by atoms with Gasteiger partial charge in [-0.3, -0.25) is 0 Å². The van der Waals surface area contributed by atoms with Crippen LogP contribution in [0.3, 0.4) is 0 Å². The van der Waals surface area contributed by atoms with Crippen LogP contribution in [-0.2, 0) is 6.61 Å². The fourth-order valence-corrected chi connectivity index (χ4v) is 1.25. The lowest BCUT2D eigenvalue weighted by molar-refractivity contribution is 0.271. The highest BCUT2D eigenvalue weighted by Crippen LogP contribution is 2.24. The summed E-state index contributed by atoms with van der Waals surface area (Å²) in [5.41, 5.74) is -0.283. The van der Waals surface area contributed by atoms with Gasteiger partial charge >= 0.3 is 0 Å². The Labute approximate surface area is 75.0 Å². The van der Waals surface area contributed by atoms with Crippen LogP contribution in [0.15, 0.2) is 10.5 Å². The monoisotopic (exact) mass is 240 g/mol. The highest BCUT2D eigenvalue weighted by Gasteiger charge is 2.16. The van der Waals surface area contributed by atoms with Crippen molar-refractivity contribution in [1.29, 1.82) is 0 Å². The topological polar surface area (TPSA) is 20.2 Å². The molecule has 1 nitrogen and oxygen atoms in total. The molecule has 5 heteroatoms. The predicted molar refractivity (Wildman–Crippen MR) is 39.9 cm³/mol. The second kappa shape index (κ2) is 3.45. The zero-order chi connectivity index (χ0) is 9.30. The zero-order valence-electron chi connectivity index (χ0n) is 5.74. The molecule has 1 aromatic carbocycles. The van der Waals surface area contributed by atoms with Crippen LogP contribution in [0.5, 0.6) is 0 Å². The van der Waals surface area contributed by atoms with E-state index in [9.17, 15) is 13.2 Å². The average Bonchev–Trinajstić information content (AvgIpc) is 2.01. The van der Waals surface area contributed by atoms with Gasteiger partial charge in [-0.1, -0.05) is 15.9 Å². The maximum Gasteiger partial charge on any atom is 0.194 e. The Bertz CT molecular complexity index is 314. The molecule has 0 aliphatic rings. The zero-order valence-corrected chi connectivity index (χ0v) is 7.33. The number of hydrogen-bond donors (Lipinski definition) is 1. The molecule has 0 radical (unpaired) electrons. The molecule has 0 heterocycles. The number of aliphatic hydroxyl groups excluding tert-OH is 1. The smallest absolute Gasteiger partial charge is 0.194 e. The molecule has 0 aliphatic carbocycles. The van der Waals surface area contributed by atoms with Crippen molar-refractivity contribution < 1.29 is 18.3 Å². The van der Waals surface area contributed by atoms with E-state index in [1.165, 1.54) is 0 Å². The van der Waals surface area contributed by atoms with Gasteiger partial charge < -0.3 is 5.11 Å². The third-order valence-corrected chi connectivity index (χ3v) is 2.07. The normalized spacial score (nSPS) is 10.4. The van der Waals surface area contributed by atoms with Crippen molar-refractivity contribution in [3.8, 4) is 0 Å². The summed E-state index contributed by atoms with van der Waals surface area (Å²) >= 11 is 2.79. The Kier molecular flexibility index (Phi) is 2.74. The van der Waals surface area contributed by atoms with Crippen molar-refractivity contribution in [3.05, 3.63) is 33.6 Å². The van der Waals surface area contributed by atoms with E-state index in [1.54, 1.807) is 0 Å². The molecule has 0 saturated carbocycles. The van der Waals surface area contributed by atoms with Crippen LogP contribution in [0, 0.1) is 17.5 Å². The third kappa shape index (κ3) is 1.47. The van der Waals surface area contributed by atoms with Crippen LogP contribution in [0.25, 0.3) is 0 Å². The quantitative estimate of drug-likeness (QED) is 0.591. The summed E-state index contributed by atoms with van der Waals surface area (Å²) in [4.78, 5) is 0. The van der Waals surface area contributed by atoms with Crippen molar-refractivity contribution in [3.63, 3.8) is 0 Å². The van der Waals surface area contributed by atoms with Gasteiger partial charge in [0.25, 0.3) is 0 Å². The Morgan fingerprint density at radius 3 is 2.33 bits per heavy atom. The molecule has 0 spiro atoms. The Morgan fingerprint density at radius 1 is 1.25 bits per heavy atom. The Morgan fingerprint density at radius 2 is 1.83 bits per heavy atom. The van der Waals surface area contributed by atoms with Crippen LogP contribution in [-0.4, -0.2) is 5.11 Å². The minimum atomic E-state index is -1.57. The molecule has 12 heavy (non-hydrogen) atoms. The van der Waals surface area contributed by atoms with E-state index in [-0.39, 0.29) is 10.0 Å². The maximum absolute atomic E-state index is 12.7. The molecule has 0 aromatic heterocycles. The van der Waals surface area contributed by atoms with Gasteiger partial charge in [-0.2, -0.15) is 0 Å². The van der Waals surface area contributed by atoms with Crippen LogP contribution in [0.2, 0.25) is 0 Å². The van der Waals surface area contributed by atoms with E-state index in [0.717, 1.165) is 6.07 Å². The number of hydrogen-bond acceptors (Lipinski definition) is 1. The minimum absolute atomic E-state index is 0.0152. The molecule has 0 unspecified atom stereocenters. The SMILES string of the molecule is OCc1c(Br)cc(F)c(F)c1F. The summed E-state index contributed by atoms with van der Waals surface area (Å²) in [6, 6.07) is 0.768. The molecule has 0 aliphatic heterocycles. The first-order chi connectivity index (χ1) is 5.57. The molecule has 1 N–H and O–H groups in total. The van der Waals surface area contributed by atoms with Gasteiger partial charge in [-0.05, 0) is 6.07 Å². The van der Waals surface area contributed by atoms with Crippen LogP contribution >= 0.6 is 15.9 Å². The minimum Gasteiger partial charge on any atom is -0.392 e. The van der Waals surface area contributed by atoms with Gasteiger partial charge in [-0.25, -0.2) is 13.2 Å². The number of benzene rings is 1. The largest absolute Gasteiger partial charge is 0.392 e. The summed E-state index contributed by atoms with van der Waals surface area (Å²) < 4.78 is 37.6. The van der Waals surface area contributed by atoms with E-state index in [1.807, 2.05) is 0 Å². The van der Waals surface area contributed by atoms with Gasteiger partial charge in [0.05, 0.1) is 6.61 Å². The molecule has 1 rings (SSSR count). The first kappa shape index (κ1) is 9.54. The second-order valence-corrected chi connectivity index (χ2v) is 2.96. The molecular weight excluding hydrogens is 237 g/mol. The van der Waals surface area contributed by atoms with E-state index < -0.39 is 24.1 Å². The van der Waals surface area contributed by atoms with Crippen LogP contribution < -0.4 is 0 Å². The lowest BCUT2D eigenvalue weighted by Crippen LogP contribution is -1.98. The first-order valence-electron chi connectivity index (χ1n) is 3.00. The molecule has 66 valence electrons. The molecule has 0 bridgehead atoms.